The summed E-state index contributed by atoms with van der Waals surface area (Å²) in [6, 6.07) is 12.7. The summed E-state index contributed by atoms with van der Waals surface area (Å²) in [7, 11) is 0. The maximum absolute atomic E-state index is 13.7. The molecule has 0 aromatic heterocycles. The Labute approximate surface area is 210 Å². The zero-order valence-electron chi connectivity index (χ0n) is 20.1. The van der Waals surface area contributed by atoms with Crippen molar-refractivity contribution in [2.75, 3.05) is 32.8 Å². The van der Waals surface area contributed by atoms with Crippen LogP contribution in [0.25, 0.3) is 0 Å². The molecule has 9 heteroatoms. The second kappa shape index (κ2) is 10.9. The fourth-order valence-corrected chi connectivity index (χ4v) is 5.19. The topological polar surface area (TPSA) is 91.3 Å². The highest BCUT2D eigenvalue weighted by molar-refractivity contribution is 6.00. The molecular weight excluding hydrogens is 465 g/mol. The molecule has 0 spiro atoms. The Morgan fingerprint density at radius 1 is 1.03 bits per heavy atom. The first kappa shape index (κ1) is 24.7. The van der Waals surface area contributed by atoms with E-state index in [0.717, 1.165) is 5.56 Å². The summed E-state index contributed by atoms with van der Waals surface area (Å²) in [5.41, 5.74) is 1.36. The fraction of sp³-hybridized carbons (Fsp3) is 0.481. The first-order valence-electron chi connectivity index (χ1n) is 12.6. The lowest BCUT2D eigenvalue weighted by atomic mass is 9.99. The number of halogens is 1. The van der Waals surface area contributed by atoms with Gasteiger partial charge in [-0.15, -0.1) is 0 Å². The van der Waals surface area contributed by atoms with Gasteiger partial charge in [-0.3, -0.25) is 14.5 Å². The second-order valence-corrected chi connectivity index (χ2v) is 9.70. The number of benzene rings is 2. The van der Waals surface area contributed by atoms with Crippen molar-refractivity contribution in [2.24, 2.45) is 0 Å². The van der Waals surface area contributed by atoms with Gasteiger partial charge in [0.2, 0.25) is 5.91 Å². The van der Waals surface area contributed by atoms with Crippen molar-refractivity contribution in [2.45, 2.75) is 50.2 Å². The molecule has 4 atom stereocenters. The van der Waals surface area contributed by atoms with Gasteiger partial charge in [-0.2, -0.15) is 0 Å². The summed E-state index contributed by atoms with van der Waals surface area (Å²) in [5, 5.41) is 13.4. The van der Waals surface area contributed by atoms with Crippen LogP contribution in [0.2, 0.25) is 0 Å². The van der Waals surface area contributed by atoms with Crippen LogP contribution in [0, 0.1) is 5.82 Å². The predicted molar refractivity (Wildman–Crippen MR) is 130 cm³/mol. The summed E-state index contributed by atoms with van der Waals surface area (Å²) in [5.74, 6) is -0.351. The van der Waals surface area contributed by atoms with Crippen LogP contribution >= 0.6 is 0 Å². The van der Waals surface area contributed by atoms with Gasteiger partial charge >= 0.3 is 0 Å². The second-order valence-electron chi connectivity index (χ2n) is 9.70. The molecule has 3 aliphatic rings. The van der Waals surface area contributed by atoms with Gasteiger partial charge < -0.3 is 24.8 Å². The van der Waals surface area contributed by atoms with Gasteiger partial charge in [0.05, 0.1) is 24.4 Å². The Hall–Kier alpha value is -3.01. The van der Waals surface area contributed by atoms with Gasteiger partial charge in [0.25, 0.3) is 5.91 Å². The van der Waals surface area contributed by atoms with Gasteiger partial charge in [-0.1, -0.05) is 24.3 Å². The quantitative estimate of drug-likeness (QED) is 0.659. The lowest BCUT2D eigenvalue weighted by Crippen LogP contribution is -2.61. The minimum atomic E-state index is -0.737. The first-order valence-corrected chi connectivity index (χ1v) is 12.6. The van der Waals surface area contributed by atoms with E-state index in [1.54, 1.807) is 35.2 Å². The molecule has 8 nitrogen and oxygen atoms in total. The molecular formula is C27H32FN3O5. The number of piperazine rings is 1. The highest BCUT2D eigenvalue weighted by Crippen LogP contribution is 2.26. The molecule has 2 aromatic rings. The summed E-state index contributed by atoms with van der Waals surface area (Å²) in [6.45, 7) is 2.36. The van der Waals surface area contributed by atoms with Crippen LogP contribution in [0.15, 0.2) is 48.5 Å². The number of para-hydroxylation sites is 1. The van der Waals surface area contributed by atoms with Crippen molar-refractivity contribution in [3.8, 4) is 5.75 Å². The number of amides is 2. The maximum atomic E-state index is 13.7. The van der Waals surface area contributed by atoms with E-state index in [-0.39, 0.29) is 30.3 Å². The highest BCUT2D eigenvalue weighted by atomic mass is 19.1. The monoisotopic (exact) mass is 497 g/mol. The smallest absolute Gasteiger partial charge is 0.258 e. The highest BCUT2D eigenvalue weighted by Gasteiger charge is 2.38. The molecule has 2 saturated heterocycles. The van der Waals surface area contributed by atoms with Gasteiger partial charge in [0.15, 0.2) is 0 Å². The Kier molecular flexibility index (Phi) is 7.50. The minimum absolute atomic E-state index is 0.0847. The normalized spacial score (nSPS) is 27.8. The van der Waals surface area contributed by atoms with E-state index >= 15 is 0 Å². The zero-order chi connectivity index (χ0) is 25.1. The molecule has 36 heavy (non-hydrogen) atoms. The van der Waals surface area contributed by atoms with Crippen molar-refractivity contribution in [3.05, 3.63) is 65.5 Å². The standard InChI is InChI=1S/C27H32FN3O5/c28-19-7-5-18(6-8-19)16-30-12-13-31-22(17-30)26(33)29-15-25-23(32)10-9-20(36-25)11-14-35-24-4-2-1-3-21(24)27(31)34/h1-8,20,22-23,25,32H,9-17H2,(H,29,33)/t20-,22-,23-,25+/m0/s1. The summed E-state index contributed by atoms with van der Waals surface area (Å²) < 4.78 is 25.4. The van der Waals surface area contributed by atoms with Crippen LogP contribution in [-0.2, 0) is 16.1 Å². The Morgan fingerprint density at radius 3 is 2.67 bits per heavy atom. The maximum Gasteiger partial charge on any atom is 0.258 e. The zero-order valence-corrected chi connectivity index (χ0v) is 20.1. The van der Waals surface area contributed by atoms with Crippen molar-refractivity contribution in [1.29, 1.82) is 0 Å². The van der Waals surface area contributed by atoms with E-state index < -0.39 is 18.2 Å². The molecule has 5 rings (SSSR count). The molecule has 2 fully saturated rings. The number of carbonyl (C=O) groups is 2. The van der Waals surface area contributed by atoms with Gasteiger partial charge in [0, 0.05) is 39.1 Å². The minimum Gasteiger partial charge on any atom is -0.493 e. The average molecular weight is 498 g/mol. The van der Waals surface area contributed by atoms with Gasteiger partial charge in [-0.05, 0) is 42.7 Å². The number of hydrogen-bond donors (Lipinski definition) is 2. The van der Waals surface area contributed by atoms with E-state index in [4.69, 9.17) is 9.47 Å². The number of rotatable bonds is 2. The number of aliphatic hydroxyl groups excluding tert-OH is 1. The van der Waals surface area contributed by atoms with Crippen LogP contribution in [0.4, 0.5) is 4.39 Å². The number of fused-ring (bicyclic) bond motifs is 4. The lowest BCUT2D eigenvalue weighted by molar-refractivity contribution is -0.135. The number of ether oxygens (including phenoxy) is 2. The Bertz CT molecular complexity index is 1080. The van der Waals surface area contributed by atoms with Gasteiger partial charge in [0.1, 0.15) is 23.7 Å². The van der Waals surface area contributed by atoms with Crippen LogP contribution in [0.3, 0.4) is 0 Å². The number of hydrogen-bond acceptors (Lipinski definition) is 6. The molecule has 3 aliphatic heterocycles. The van der Waals surface area contributed by atoms with Crippen LogP contribution in [-0.4, -0.2) is 83.9 Å². The third kappa shape index (κ3) is 5.53. The third-order valence-corrected chi connectivity index (χ3v) is 7.22. The van der Waals surface area contributed by atoms with Crippen LogP contribution in [0.5, 0.6) is 5.75 Å². The van der Waals surface area contributed by atoms with Crippen molar-refractivity contribution < 1.29 is 28.6 Å². The molecule has 0 radical (unpaired) electrons. The average Bonchev–Trinajstić information content (AvgIpc) is 2.89. The van der Waals surface area contributed by atoms with E-state index in [1.807, 2.05) is 6.07 Å². The largest absolute Gasteiger partial charge is 0.493 e. The summed E-state index contributed by atoms with van der Waals surface area (Å²) in [4.78, 5) is 30.8. The van der Waals surface area contributed by atoms with E-state index in [9.17, 15) is 19.1 Å². The molecule has 0 unspecified atom stereocenters. The molecule has 2 amide bonds. The van der Waals surface area contributed by atoms with E-state index in [1.165, 1.54) is 12.1 Å². The third-order valence-electron chi connectivity index (χ3n) is 7.22. The Morgan fingerprint density at radius 2 is 1.83 bits per heavy atom. The number of carbonyl (C=O) groups excluding carboxylic acids is 2. The molecule has 2 aromatic carbocycles. The van der Waals surface area contributed by atoms with Crippen LogP contribution in [0.1, 0.15) is 35.2 Å². The number of nitrogens with zero attached hydrogens (tertiary/aromatic N) is 2. The predicted octanol–water partition coefficient (Wildman–Crippen LogP) is 1.96. The van der Waals surface area contributed by atoms with Crippen molar-refractivity contribution in [1.82, 2.24) is 15.1 Å². The molecule has 2 N–H and O–H groups in total. The van der Waals surface area contributed by atoms with Crippen molar-refractivity contribution in [3.63, 3.8) is 0 Å². The van der Waals surface area contributed by atoms with Crippen molar-refractivity contribution >= 4 is 11.8 Å². The summed E-state index contributed by atoms with van der Waals surface area (Å²) in [6.07, 6.45) is 0.690. The van der Waals surface area contributed by atoms with Crippen LogP contribution < -0.4 is 10.1 Å². The number of nitrogens with one attached hydrogen (secondary N) is 1. The number of aliphatic hydroxyl groups is 1. The molecule has 2 bridgehead atoms. The molecule has 192 valence electrons. The van der Waals surface area contributed by atoms with Gasteiger partial charge in [-0.25, -0.2) is 4.39 Å². The molecule has 0 saturated carbocycles. The Balaban J connectivity index is 1.40. The molecule has 0 aliphatic carbocycles. The van der Waals surface area contributed by atoms with E-state index in [2.05, 4.69) is 10.2 Å². The lowest BCUT2D eigenvalue weighted by Gasteiger charge is -2.41. The first-order chi connectivity index (χ1) is 17.5. The SMILES string of the molecule is O=C1NC[C@H]2O[C@H](CCOc3ccccc3C(=O)N3CCN(Cc4ccc(F)cc4)C[C@@H]13)CC[C@@H]2O. The summed E-state index contributed by atoms with van der Waals surface area (Å²) >= 11 is 0. The van der Waals surface area contributed by atoms with E-state index in [0.29, 0.717) is 63.4 Å². The fourth-order valence-electron chi connectivity index (χ4n) is 5.19. The molecule has 3 heterocycles.